The van der Waals surface area contributed by atoms with E-state index in [1.54, 1.807) is 24.3 Å². The molecule has 1 atom stereocenters. The first-order chi connectivity index (χ1) is 12.7. The molecule has 0 aromatic heterocycles. The van der Waals surface area contributed by atoms with Crippen molar-refractivity contribution in [2.75, 3.05) is 9.80 Å². The molecule has 0 saturated carbocycles. The quantitative estimate of drug-likeness (QED) is 0.611. The zero-order valence-electron chi connectivity index (χ0n) is 13.7. The molecule has 0 unspecified atom stereocenters. The number of hydrogen-bond donors (Lipinski definition) is 0. The molecule has 1 aliphatic rings. The third-order valence-electron chi connectivity index (χ3n) is 4.34. The van der Waals surface area contributed by atoms with Gasteiger partial charge in [0.25, 0.3) is 5.91 Å². The number of amides is 3. The van der Waals surface area contributed by atoms with Gasteiger partial charge in [-0.15, -0.1) is 0 Å². The molecular formula is C21H15ClN2O2. The number of imide groups is 1. The van der Waals surface area contributed by atoms with Crippen LogP contribution in [0.15, 0.2) is 84.9 Å². The molecule has 0 aliphatic carbocycles. The van der Waals surface area contributed by atoms with Crippen LogP contribution in [0.3, 0.4) is 0 Å². The Hall–Kier alpha value is -3.11. The molecule has 3 aromatic rings. The van der Waals surface area contributed by atoms with Gasteiger partial charge in [-0.1, -0.05) is 60.1 Å². The first-order valence-electron chi connectivity index (χ1n) is 8.19. The second-order valence-corrected chi connectivity index (χ2v) is 6.39. The number of benzene rings is 3. The monoisotopic (exact) mass is 362 g/mol. The van der Waals surface area contributed by atoms with Crippen molar-refractivity contribution in [2.24, 2.45) is 0 Å². The Labute approximate surface area is 156 Å². The number of halogens is 1. The van der Waals surface area contributed by atoms with Crippen LogP contribution in [0.5, 0.6) is 0 Å². The zero-order valence-corrected chi connectivity index (χ0v) is 14.5. The molecule has 0 bridgehead atoms. The lowest BCUT2D eigenvalue weighted by atomic mass is 10.1. The van der Waals surface area contributed by atoms with Gasteiger partial charge in [0.2, 0.25) is 0 Å². The summed E-state index contributed by atoms with van der Waals surface area (Å²) in [5, 5.41) is 0.548. The van der Waals surface area contributed by atoms with Crippen LogP contribution in [0, 0.1) is 0 Å². The highest BCUT2D eigenvalue weighted by Gasteiger charge is 2.47. The Kier molecular flexibility index (Phi) is 4.19. The van der Waals surface area contributed by atoms with Crippen molar-refractivity contribution >= 4 is 34.9 Å². The van der Waals surface area contributed by atoms with Crippen molar-refractivity contribution in [3.63, 3.8) is 0 Å². The molecule has 4 rings (SSSR count). The number of urea groups is 1. The van der Waals surface area contributed by atoms with Crippen molar-refractivity contribution in [2.45, 2.75) is 6.04 Å². The van der Waals surface area contributed by atoms with Gasteiger partial charge in [0, 0.05) is 10.7 Å². The van der Waals surface area contributed by atoms with Gasteiger partial charge in [-0.3, -0.25) is 9.69 Å². The Bertz CT molecular complexity index is 885. The summed E-state index contributed by atoms with van der Waals surface area (Å²) in [6, 6.07) is 24.1. The minimum absolute atomic E-state index is 0.285. The van der Waals surface area contributed by atoms with Gasteiger partial charge in [-0.05, 0) is 42.0 Å². The molecule has 26 heavy (non-hydrogen) atoms. The maximum absolute atomic E-state index is 13.2. The standard InChI is InChI=1S/C21H15ClN2O2/c22-16-11-13-18(14-12-16)24-20(25)19(15-7-3-1-4-8-15)23(21(24)26)17-9-5-2-6-10-17/h1-14,19H/t19-/m0/s1. The second-order valence-electron chi connectivity index (χ2n) is 5.95. The molecular weight excluding hydrogens is 348 g/mol. The fraction of sp³-hybridized carbons (Fsp3) is 0.0476. The largest absolute Gasteiger partial charge is 0.336 e. The maximum atomic E-state index is 13.2. The van der Waals surface area contributed by atoms with E-state index in [2.05, 4.69) is 0 Å². The third kappa shape index (κ3) is 2.74. The van der Waals surface area contributed by atoms with Gasteiger partial charge < -0.3 is 0 Å². The lowest BCUT2D eigenvalue weighted by molar-refractivity contribution is -0.118. The number of anilines is 2. The summed E-state index contributed by atoms with van der Waals surface area (Å²) >= 11 is 5.94. The number of carbonyl (C=O) groups excluding carboxylic acids is 2. The molecule has 0 radical (unpaired) electrons. The van der Waals surface area contributed by atoms with E-state index in [1.165, 1.54) is 9.80 Å². The van der Waals surface area contributed by atoms with E-state index in [1.807, 2.05) is 60.7 Å². The summed E-state index contributed by atoms with van der Waals surface area (Å²) < 4.78 is 0. The van der Waals surface area contributed by atoms with Gasteiger partial charge in [0.15, 0.2) is 0 Å². The van der Waals surface area contributed by atoms with Gasteiger partial charge in [0.05, 0.1) is 5.69 Å². The number of para-hydroxylation sites is 1. The molecule has 4 nitrogen and oxygen atoms in total. The van der Waals surface area contributed by atoms with Crippen LogP contribution in [0.2, 0.25) is 5.02 Å². The summed E-state index contributed by atoms with van der Waals surface area (Å²) in [6.07, 6.45) is 0. The number of hydrogen-bond acceptors (Lipinski definition) is 2. The van der Waals surface area contributed by atoms with Crippen LogP contribution < -0.4 is 9.80 Å². The van der Waals surface area contributed by atoms with Crippen LogP contribution in [0.1, 0.15) is 11.6 Å². The summed E-state index contributed by atoms with van der Waals surface area (Å²) in [7, 11) is 0. The van der Waals surface area contributed by atoms with Crippen LogP contribution in [-0.2, 0) is 4.79 Å². The highest BCUT2D eigenvalue weighted by Crippen LogP contribution is 2.37. The molecule has 0 N–H and O–H groups in total. The van der Waals surface area contributed by atoms with Crippen LogP contribution in [-0.4, -0.2) is 11.9 Å². The van der Waals surface area contributed by atoms with Crippen molar-refractivity contribution in [3.05, 3.63) is 95.5 Å². The molecule has 3 amide bonds. The van der Waals surface area contributed by atoms with Crippen molar-refractivity contribution in [1.29, 1.82) is 0 Å². The Balaban J connectivity index is 1.84. The van der Waals surface area contributed by atoms with Gasteiger partial charge in [-0.25, -0.2) is 9.69 Å². The zero-order chi connectivity index (χ0) is 18.1. The molecule has 1 saturated heterocycles. The Morgan fingerprint density at radius 1 is 0.692 bits per heavy atom. The predicted octanol–water partition coefficient (Wildman–Crippen LogP) is 5.05. The molecule has 0 spiro atoms. The fourth-order valence-electron chi connectivity index (χ4n) is 3.15. The average Bonchev–Trinajstić information content (AvgIpc) is 2.94. The first kappa shape index (κ1) is 16.4. The SMILES string of the molecule is O=C1[C@H](c2ccccc2)N(c2ccccc2)C(=O)N1c1ccc(Cl)cc1. The minimum atomic E-state index is -0.707. The molecule has 1 heterocycles. The normalized spacial score (nSPS) is 17.0. The van der Waals surface area contributed by atoms with Gasteiger partial charge in [0.1, 0.15) is 6.04 Å². The maximum Gasteiger partial charge on any atom is 0.336 e. The smallest absolute Gasteiger partial charge is 0.277 e. The van der Waals surface area contributed by atoms with E-state index in [0.717, 1.165) is 5.56 Å². The summed E-state index contributed by atoms with van der Waals surface area (Å²) in [4.78, 5) is 29.1. The number of nitrogens with zero attached hydrogens (tertiary/aromatic N) is 2. The molecule has 3 aromatic carbocycles. The van der Waals surface area contributed by atoms with E-state index < -0.39 is 6.04 Å². The Morgan fingerprint density at radius 3 is 1.88 bits per heavy atom. The van der Waals surface area contributed by atoms with Crippen molar-refractivity contribution < 1.29 is 9.59 Å². The summed E-state index contributed by atoms with van der Waals surface area (Å²) in [5.41, 5.74) is 1.95. The van der Waals surface area contributed by atoms with Crippen LogP contribution >= 0.6 is 11.6 Å². The van der Waals surface area contributed by atoms with Gasteiger partial charge in [-0.2, -0.15) is 0 Å². The van der Waals surface area contributed by atoms with E-state index >= 15 is 0 Å². The van der Waals surface area contributed by atoms with Crippen LogP contribution in [0.25, 0.3) is 0 Å². The van der Waals surface area contributed by atoms with E-state index in [-0.39, 0.29) is 11.9 Å². The lowest BCUT2D eigenvalue weighted by Crippen LogP contribution is -2.33. The third-order valence-corrected chi connectivity index (χ3v) is 4.60. The molecule has 1 aliphatic heterocycles. The van der Waals surface area contributed by atoms with Gasteiger partial charge >= 0.3 is 6.03 Å². The topological polar surface area (TPSA) is 40.6 Å². The summed E-state index contributed by atoms with van der Waals surface area (Å²) in [5.74, 6) is -0.285. The first-order valence-corrected chi connectivity index (χ1v) is 8.57. The summed E-state index contributed by atoms with van der Waals surface area (Å²) in [6.45, 7) is 0. The predicted molar refractivity (Wildman–Crippen MR) is 102 cm³/mol. The molecule has 128 valence electrons. The number of rotatable bonds is 3. The van der Waals surface area contributed by atoms with E-state index in [0.29, 0.717) is 16.4 Å². The molecule has 1 fully saturated rings. The van der Waals surface area contributed by atoms with E-state index in [4.69, 9.17) is 11.6 Å². The lowest BCUT2D eigenvalue weighted by Gasteiger charge is -2.22. The Morgan fingerprint density at radius 2 is 1.27 bits per heavy atom. The average molecular weight is 363 g/mol. The van der Waals surface area contributed by atoms with Crippen molar-refractivity contribution in [3.8, 4) is 0 Å². The van der Waals surface area contributed by atoms with Crippen LogP contribution in [0.4, 0.5) is 16.2 Å². The fourth-order valence-corrected chi connectivity index (χ4v) is 3.27. The minimum Gasteiger partial charge on any atom is -0.277 e. The van der Waals surface area contributed by atoms with E-state index in [9.17, 15) is 9.59 Å². The molecule has 5 heteroatoms. The highest BCUT2D eigenvalue weighted by atomic mass is 35.5. The number of carbonyl (C=O) groups is 2. The second kappa shape index (κ2) is 6.65. The van der Waals surface area contributed by atoms with Crippen molar-refractivity contribution in [1.82, 2.24) is 0 Å². The highest BCUT2D eigenvalue weighted by molar-refractivity contribution is 6.31.